The second-order valence-electron chi connectivity index (χ2n) is 3.49. The Morgan fingerprint density at radius 3 is 2.62 bits per heavy atom. The van der Waals surface area contributed by atoms with Gasteiger partial charge in [0.15, 0.2) is 0 Å². The molecule has 13 heavy (non-hydrogen) atoms. The molecule has 0 bridgehead atoms. The van der Waals surface area contributed by atoms with E-state index in [1.165, 1.54) is 12.8 Å². The van der Waals surface area contributed by atoms with Crippen molar-refractivity contribution in [3.05, 3.63) is 0 Å². The summed E-state index contributed by atoms with van der Waals surface area (Å²) < 4.78 is 4.95. The van der Waals surface area contributed by atoms with E-state index in [1.807, 2.05) is 0 Å². The zero-order valence-electron chi connectivity index (χ0n) is 8.98. The van der Waals surface area contributed by atoms with Gasteiger partial charge in [-0.1, -0.05) is 13.3 Å². The van der Waals surface area contributed by atoms with Gasteiger partial charge >= 0.3 is 0 Å². The van der Waals surface area contributed by atoms with Crippen molar-refractivity contribution in [2.45, 2.75) is 44.5 Å². The number of hydrogen-bond acceptors (Lipinski definition) is 2. The quantitative estimate of drug-likeness (QED) is 0.618. The third-order valence-corrected chi connectivity index (χ3v) is 2.36. The number of halogens is 1. The maximum Gasteiger partial charge on any atom is 0.0626 e. The summed E-state index contributed by atoms with van der Waals surface area (Å²) in [6.45, 7) is 6.04. The number of alkyl halides is 1. The van der Waals surface area contributed by atoms with Crippen LogP contribution in [0, 0.1) is 0 Å². The molecule has 0 amide bonds. The Morgan fingerprint density at radius 1 is 1.38 bits per heavy atom. The van der Waals surface area contributed by atoms with Crippen LogP contribution in [0.3, 0.4) is 0 Å². The SMILES string of the molecule is CCCC(C)NCCC(Cl)COC. The number of ether oxygens (including phenoxy) is 1. The molecule has 0 saturated heterocycles. The van der Waals surface area contributed by atoms with Gasteiger partial charge in [-0.15, -0.1) is 11.6 Å². The average Bonchev–Trinajstić information content (AvgIpc) is 2.05. The minimum absolute atomic E-state index is 0.145. The van der Waals surface area contributed by atoms with Crippen molar-refractivity contribution in [3.8, 4) is 0 Å². The molecule has 0 aliphatic carbocycles. The first kappa shape index (κ1) is 13.2. The van der Waals surface area contributed by atoms with Crippen LogP contribution in [0.25, 0.3) is 0 Å². The summed E-state index contributed by atoms with van der Waals surface area (Å²) in [5.74, 6) is 0. The van der Waals surface area contributed by atoms with Crippen LogP contribution in [0.4, 0.5) is 0 Å². The molecule has 2 nitrogen and oxygen atoms in total. The lowest BCUT2D eigenvalue weighted by Gasteiger charge is -2.14. The van der Waals surface area contributed by atoms with Crippen molar-refractivity contribution in [3.63, 3.8) is 0 Å². The van der Waals surface area contributed by atoms with Gasteiger partial charge in [0.1, 0.15) is 0 Å². The average molecular weight is 208 g/mol. The second-order valence-corrected chi connectivity index (χ2v) is 4.10. The molecule has 0 aromatic rings. The standard InChI is InChI=1S/C10H22ClNO/c1-4-5-9(2)12-7-6-10(11)8-13-3/h9-10,12H,4-8H2,1-3H3. The maximum atomic E-state index is 5.98. The van der Waals surface area contributed by atoms with Gasteiger partial charge in [0.25, 0.3) is 0 Å². The summed E-state index contributed by atoms with van der Waals surface area (Å²) in [5.41, 5.74) is 0. The van der Waals surface area contributed by atoms with Crippen molar-refractivity contribution in [1.82, 2.24) is 5.32 Å². The van der Waals surface area contributed by atoms with Crippen LogP contribution in [0.1, 0.15) is 33.1 Å². The molecule has 0 heterocycles. The van der Waals surface area contributed by atoms with E-state index in [0.717, 1.165) is 13.0 Å². The van der Waals surface area contributed by atoms with E-state index in [9.17, 15) is 0 Å². The molecule has 1 N–H and O–H groups in total. The van der Waals surface area contributed by atoms with Crippen LogP contribution in [0.15, 0.2) is 0 Å². The molecule has 2 atom stereocenters. The summed E-state index contributed by atoms with van der Waals surface area (Å²) in [6.07, 6.45) is 3.44. The molecule has 0 aliphatic heterocycles. The van der Waals surface area contributed by atoms with Crippen molar-refractivity contribution >= 4 is 11.6 Å². The van der Waals surface area contributed by atoms with Gasteiger partial charge < -0.3 is 10.1 Å². The van der Waals surface area contributed by atoms with E-state index in [0.29, 0.717) is 12.6 Å². The molecule has 0 saturated carbocycles. The van der Waals surface area contributed by atoms with Gasteiger partial charge in [0.05, 0.1) is 12.0 Å². The van der Waals surface area contributed by atoms with Crippen molar-refractivity contribution < 1.29 is 4.74 Å². The van der Waals surface area contributed by atoms with Crippen LogP contribution in [-0.2, 0) is 4.74 Å². The fraction of sp³-hybridized carbons (Fsp3) is 1.00. The monoisotopic (exact) mass is 207 g/mol. The fourth-order valence-corrected chi connectivity index (χ4v) is 1.52. The van der Waals surface area contributed by atoms with Crippen LogP contribution >= 0.6 is 11.6 Å². The topological polar surface area (TPSA) is 21.3 Å². The lowest BCUT2D eigenvalue weighted by Crippen LogP contribution is -2.28. The number of methoxy groups -OCH3 is 1. The third kappa shape index (κ3) is 8.54. The molecular weight excluding hydrogens is 186 g/mol. The van der Waals surface area contributed by atoms with Crippen molar-refractivity contribution in [1.29, 1.82) is 0 Å². The smallest absolute Gasteiger partial charge is 0.0626 e. The summed E-state index contributed by atoms with van der Waals surface area (Å²) >= 11 is 5.98. The Labute approximate surface area is 87.0 Å². The van der Waals surface area contributed by atoms with E-state index in [1.54, 1.807) is 7.11 Å². The molecule has 0 aliphatic rings. The summed E-state index contributed by atoms with van der Waals surface area (Å²) in [5, 5.41) is 3.58. The van der Waals surface area contributed by atoms with Gasteiger partial charge in [0, 0.05) is 13.2 Å². The fourth-order valence-electron chi connectivity index (χ4n) is 1.29. The minimum atomic E-state index is 0.145. The van der Waals surface area contributed by atoms with E-state index in [2.05, 4.69) is 19.2 Å². The molecule has 0 aromatic heterocycles. The van der Waals surface area contributed by atoms with Crippen LogP contribution in [-0.4, -0.2) is 31.7 Å². The Bertz CT molecular complexity index is 99.1. The first-order chi connectivity index (χ1) is 6.20. The molecule has 80 valence electrons. The predicted octanol–water partition coefficient (Wildman–Crippen LogP) is 2.41. The van der Waals surface area contributed by atoms with E-state index in [4.69, 9.17) is 16.3 Å². The van der Waals surface area contributed by atoms with Gasteiger partial charge in [-0.05, 0) is 26.3 Å². The summed E-state index contributed by atoms with van der Waals surface area (Å²) in [6, 6.07) is 0.608. The summed E-state index contributed by atoms with van der Waals surface area (Å²) in [7, 11) is 1.68. The molecule has 0 spiro atoms. The van der Waals surface area contributed by atoms with E-state index in [-0.39, 0.29) is 5.38 Å². The minimum Gasteiger partial charge on any atom is -0.383 e. The predicted molar refractivity (Wildman–Crippen MR) is 58.5 cm³/mol. The maximum absolute atomic E-state index is 5.98. The Morgan fingerprint density at radius 2 is 2.08 bits per heavy atom. The molecule has 0 radical (unpaired) electrons. The van der Waals surface area contributed by atoms with Gasteiger partial charge in [-0.25, -0.2) is 0 Å². The van der Waals surface area contributed by atoms with Crippen LogP contribution in [0.2, 0.25) is 0 Å². The van der Waals surface area contributed by atoms with Gasteiger partial charge in [-0.2, -0.15) is 0 Å². The Kier molecular flexibility index (Phi) is 8.93. The largest absolute Gasteiger partial charge is 0.383 e. The highest BCUT2D eigenvalue weighted by Gasteiger charge is 2.04. The first-order valence-corrected chi connectivity index (χ1v) is 5.50. The molecule has 3 heteroatoms. The lowest BCUT2D eigenvalue weighted by atomic mass is 10.2. The normalized spacial score (nSPS) is 15.7. The van der Waals surface area contributed by atoms with Crippen molar-refractivity contribution in [2.75, 3.05) is 20.3 Å². The number of nitrogens with one attached hydrogen (secondary N) is 1. The molecule has 0 aromatic carbocycles. The highest BCUT2D eigenvalue weighted by Crippen LogP contribution is 2.02. The van der Waals surface area contributed by atoms with Crippen LogP contribution < -0.4 is 5.32 Å². The summed E-state index contributed by atoms with van der Waals surface area (Å²) in [4.78, 5) is 0. The molecule has 0 fully saturated rings. The van der Waals surface area contributed by atoms with Crippen molar-refractivity contribution in [2.24, 2.45) is 0 Å². The zero-order valence-corrected chi connectivity index (χ0v) is 9.73. The zero-order chi connectivity index (χ0) is 10.1. The molecule has 2 unspecified atom stereocenters. The van der Waals surface area contributed by atoms with Gasteiger partial charge in [-0.3, -0.25) is 0 Å². The third-order valence-electron chi connectivity index (χ3n) is 2.02. The lowest BCUT2D eigenvalue weighted by molar-refractivity contribution is 0.195. The highest BCUT2D eigenvalue weighted by atomic mass is 35.5. The highest BCUT2D eigenvalue weighted by molar-refractivity contribution is 6.20. The number of rotatable bonds is 8. The Hall–Kier alpha value is 0.210. The molecular formula is C10H22ClNO. The first-order valence-electron chi connectivity index (χ1n) is 5.07. The van der Waals surface area contributed by atoms with Crippen LogP contribution in [0.5, 0.6) is 0 Å². The molecule has 0 rings (SSSR count). The second kappa shape index (κ2) is 8.79. The number of hydrogen-bond donors (Lipinski definition) is 1. The Balaban J connectivity index is 3.23. The van der Waals surface area contributed by atoms with Gasteiger partial charge in [0.2, 0.25) is 0 Å². The van der Waals surface area contributed by atoms with E-state index >= 15 is 0 Å². The van der Waals surface area contributed by atoms with E-state index < -0.39 is 0 Å².